The van der Waals surface area contributed by atoms with Gasteiger partial charge in [0.25, 0.3) is 0 Å². The maximum atomic E-state index is 13.6. The summed E-state index contributed by atoms with van der Waals surface area (Å²) >= 11 is 0. The number of unbranched alkanes of at least 4 members (excludes halogenated alkanes) is 2. The second-order valence-electron chi connectivity index (χ2n) is 5.79. The lowest BCUT2D eigenvalue weighted by Gasteiger charge is -2.21. The van der Waals surface area contributed by atoms with Gasteiger partial charge in [0.05, 0.1) is 0 Å². The summed E-state index contributed by atoms with van der Waals surface area (Å²) in [4.78, 5) is 0. The van der Waals surface area contributed by atoms with Crippen LogP contribution in [-0.2, 0) is 6.54 Å². The molecular weight excluding hydrogens is 237 g/mol. The van der Waals surface area contributed by atoms with E-state index in [2.05, 4.69) is 26.1 Å². The molecule has 2 heteroatoms. The monoisotopic (exact) mass is 265 g/mol. The van der Waals surface area contributed by atoms with E-state index in [1.807, 2.05) is 12.1 Å². The minimum Gasteiger partial charge on any atom is -0.310 e. The van der Waals surface area contributed by atoms with Gasteiger partial charge in [0, 0.05) is 18.2 Å². The fourth-order valence-electron chi connectivity index (χ4n) is 2.41. The van der Waals surface area contributed by atoms with E-state index in [1.165, 1.54) is 31.7 Å². The van der Waals surface area contributed by atoms with E-state index in [1.54, 1.807) is 6.07 Å². The molecule has 0 aliphatic rings. The summed E-state index contributed by atoms with van der Waals surface area (Å²) in [7, 11) is 0. The van der Waals surface area contributed by atoms with Crippen molar-refractivity contribution in [3.8, 4) is 0 Å². The third-order valence-corrected chi connectivity index (χ3v) is 3.45. The van der Waals surface area contributed by atoms with Gasteiger partial charge in [-0.15, -0.1) is 0 Å². The molecule has 0 saturated carbocycles. The number of hydrogen-bond acceptors (Lipinski definition) is 1. The van der Waals surface area contributed by atoms with Crippen LogP contribution < -0.4 is 5.32 Å². The predicted octanol–water partition coefficient (Wildman–Crippen LogP) is 4.91. The Kier molecular flexibility index (Phi) is 7.73. The van der Waals surface area contributed by atoms with Crippen LogP contribution in [0.3, 0.4) is 0 Å². The SMILES string of the molecule is CCCCCC(CC(C)C)NCc1ccccc1F. The molecule has 0 aromatic heterocycles. The standard InChI is InChI=1S/C17H28FN/c1-4-5-6-10-16(12-14(2)3)19-13-15-9-7-8-11-17(15)18/h7-9,11,14,16,19H,4-6,10,12-13H2,1-3H3. The van der Waals surface area contributed by atoms with Crippen molar-refractivity contribution in [3.05, 3.63) is 35.6 Å². The smallest absolute Gasteiger partial charge is 0.127 e. The fourth-order valence-corrected chi connectivity index (χ4v) is 2.41. The summed E-state index contributed by atoms with van der Waals surface area (Å²) in [5, 5.41) is 3.53. The first-order valence-corrected chi connectivity index (χ1v) is 7.60. The normalized spacial score (nSPS) is 12.9. The summed E-state index contributed by atoms with van der Waals surface area (Å²) in [5.41, 5.74) is 0.770. The van der Waals surface area contributed by atoms with Crippen molar-refractivity contribution in [2.45, 2.75) is 65.5 Å². The molecule has 0 aliphatic carbocycles. The summed E-state index contributed by atoms with van der Waals surface area (Å²) < 4.78 is 13.6. The van der Waals surface area contributed by atoms with E-state index < -0.39 is 0 Å². The molecule has 0 radical (unpaired) electrons. The van der Waals surface area contributed by atoms with Crippen LogP contribution in [0.25, 0.3) is 0 Å². The van der Waals surface area contributed by atoms with Crippen LogP contribution in [0.15, 0.2) is 24.3 Å². The molecule has 0 bridgehead atoms. The number of rotatable bonds is 9. The third kappa shape index (κ3) is 6.72. The fraction of sp³-hybridized carbons (Fsp3) is 0.647. The second kappa shape index (κ2) is 9.08. The van der Waals surface area contributed by atoms with Gasteiger partial charge >= 0.3 is 0 Å². The van der Waals surface area contributed by atoms with Crippen molar-refractivity contribution >= 4 is 0 Å². The molecule has 0 aliphatic heterocycles. The Morgan fingerprint density at radius 3 is 2.53 bits per heavy atom. The zero-order chi connectivity index (χ0) is 14.1. The second-order valence-corrected chi connectivity index (χ2v) is 5.79. The molecular formula is C17H28FN. The maximum absolute atomic E-state index is 13.6. The number of hydrogen-bond donors (Lipinski definition) is 1. The lowest BCUT2D eigenvalue weighted by atomic mass is 9.98. The van der Waals surface area contributed by atoms with Crippen LogP contribution in [-0.4, -0.2) is 6.04 Å². The molecule has 0 fully saturated rings. The van der Waals surface area contributed by atoms with Crippen LogP contribution in [0.1, 0.15) is 58.4 Å². The zero-order valence-electron chi connectivity index (χ0n) is 12.6. The summed E-state index contributed by atoms with van der Waals surface area (Å²) in [6.45, 7) is 7.36. The van der Waals surface area contributed by atoms with Gasteiger partial charge in [-0.25, -0.2) is 4.39 Å². The minimum atomic E-state index is -0.105. The van der Waals surface area contributed by atoms with Crippen LogP contribution in [0.5, 0.6) is 0 Å². The van der Waals surface area contributed by atoms with E-state index in [9.17, 15) is 4.39 Å². The van der Waals surface area contributed by atoms with Crippen molar-refractivity contribution in [1.82, 2.24) is 5.32 Å². The van der Waals surface area contributed by atoms with Gasteiger partial charge in [-0.1, -0.05) is 58.2 Å². The Bertz CT molecular complexity index is 349. The van der Waals surface area contributed by atoms with Gasteiger partial charge in [-0.3, -0.25) is 0 Å². The minimum absolute atomic E-state index is 0.105. The Balaban J connectivity index is 2.45. The first-order valence-electron chi connectivity index (χ1n) is 7.60. The molecule has 1 rings (SSSR count). The van der Waals surface area contributed by atoms with Gasteiger partial charge in [-0.05, 0) is 24.8 Å². The molecule has 1 unspecified atom stereocenters. The molecule has 0 saturated heterocycles. The van der Waals surface area contributed by atoms with Gasteiger partial charge in [-0.2, -0.15) is 0 Å². The highest BCUT2D eigenvalue weighted by atomic mass is 19.1. The van der Waals surface area contributed by atoms with Crippen molar-refractivity contribution in [1.29, 1.82) is 0 Å². The quantitative estimate of drug-likeness (QED) is 0.625. The molecule has 1 nitrogen and oxygen atoms in total. The summed E-state index contributed by atoms with van der Waals surface area (Å²) in [6, 6.07) is 7.54. The molecule has 0 spiro atoms. The highest BCUT2D eigenvalue weighted by Gasteiger charge is 2.11. The van der Waals surface area contributed by atoms with Crippen molar-refractivity contribution < 1.29 is 4.39 Å². The molecule has 1 aromatic rings. The highest BCUT2D eigenvalue weighted by Crippen LogP contribution is 2.14. The van der Waals surface area contributed by atoms with Crippen molar-refractivity contribution in [2.75, 3.05) is 0 Å². The Labute approximate surface area is 117 Å². The van der Waals surface area contributed by atoms with E-state index in [-0.39, 0.29) is 5.82 Å². The van der Waals surface area contributed by atoms with E-state index >= 15 is 0 Å². The molecule has 0 amide bonds. The summed E-state index contributed by atoms with van der Waals surface area (Å²) in [6.07, 6.45) is 6.16. The molecule has 1 atom stereocenters. The Morgan fingerprint density at radius 2 is 1.89 bits per heavy atom. The zero-order valence-corrected chi connectivity index (χ0v) is 12.6. The van der Waals surface area contributed by atoms with Gasteiger partial charge in [0.2, 0.25) is 0 Å². The predicted molar refractivity (Wildman–Crippen MR) is 80.6 cm³/mol. The molecule has 0 heterocycles. The Morgan fingerprint density at radius 1 is 1.16 bits per heavy atom. The van der Waals surface area contributed by atoms with E-state index in [0.717, 1.165) is 12.0 Å². The lowest BCUT2D eigenvalue weighted by molar-refractivity contribution is 0.382. The molecule has 1 N–H and O–H groups in total. The maximum Gasteiger partial charge on any atom is 0.127 e. The average molecular weight is 265 g/mol. The van der Waals surface area contributed by atoms with E-state index in [0.29, 0.717) is 18.5 Å². The Hall–Kier alpha value is -0.890. The van der Waals surface area contributed by atoms with Crippen LogP contribution in [0.4, 0.5) is 4.39 Å². The third-order valence-electron chi connectivity index (χ3n) is 3.45. The lowest BCUT2D eigenvalue weighted by Crippen LogP contribution is -2.30. The summed E-state index contributed by atoms with van der Waals surface area (Å²) in [5.74, 6) is 0.576. The van der Waals surface area contributed by atoms with E-state index in [4.69, 9.17) is 0 Å². The van der Waals surface area contributed by atoms with Crippen LogP contribution >= 0.6 is 0 Å². The van der Waals surface area contributed by atoms with Gasteiger partial charge in [0.1, 0.15) is 5.82 Å². The first-order chi connectivity index (χ1) is 9.13. The number of benzene rings is 1. The molecule has 1 aromatic carbocycles. The largest absolute Gasteiger partial charge is 0.310 e. The topological polar surface area (TPSA) is 12.0 Å². The highest BCUT2D eigenvalue weighted by molar-refractivity contribution is 5.17. The average Bonchev–Trinajstić information content (AvgIpc) is 2.37. The number of nitrogens with one attached hydrogen (secondary N) is 1. The van der Waals surface area contributed by atoms with Gasteiger partial charge < -0.3 is 5.32 Å². The van der Waals surface area contributed by atoms with Crippen molar-refractivity contribution in [3.63, 3.8) is 0 Å². The van der Waals surface area contributed by atoms with Crippen LogP contribution in [0.2, 0.25) is 0 Å². The van der Waals surface area contributed by atoms with Gasteiger partial charge in [0.15, 0.2) is 0 Å². The number of halogens is 1. The van der Waals surface area contributed by atoms with Crippen molar-refractivity contribution in [2.24, 2.45) is 5.92 Å². The first kappa shape index (κ1) is 16.2. The molecule has 108 valence electrons. The van der Waals surface area contributed by atoms with Crippen LogP contribution in [0, 0.1) is 11.7 Å². The molecule has 19 heavy (non-hydrogen) atoms.